The van der Waals surface area contributed by atoms with Gasteiger partial charge in [0.05, 0.1) is 11.1 Å². The molecule has 1 N–H and O–H groups in total. The number of nitrogens with one attached hydrogen (secondary N) is 1. The molecule has 4 rings (SSSR count). The molecule has 2 unspecified atom stereocenters. The number of carbonyl (C=O) groups excluding carboxylic acids is 1. The summed E-state index contributed by atoms with van der Waals surface area (Å²) in [5.74, 6) is 0.717. The predicted molar refractivity (Wildman–Crippen MR) is 133 cm³/mol. The minimum absolute atomic E-state index is 0.0474. The molecule has 1 aromatic carbocycles. The van der Waals surface area contributed by atoms with E-state index in [1.54, 1.807) is 42.9 Å². The van der Waals surface area contributed by atoms with Crippen LogP contribution in [0, 0.1) is 0 Å². The zero-order chi connectivity index (χ0) is 24.5. The fourth-order valence-corrected chi connectivity index (χ4v) is 4.92. The first-order valence-corrected chi connectivity index (χ1v) is 13.5. The Kier molecular flexibility index (Phi) is 6.90. The average molecular weight is 485 g/mol. The summed E-state index contributed by atoms with van der Waals surface area (Å²) in [6, 6.07) is 6.67. The van der Waals surface area contributed by atoms with E-state index in [1.807, 2.05) is 16.2 Å². The number of anilines is 1. The van der Waals surface area contributed by atoms with Crippen molar-refractivity contribution in [2.45, 2.75) is 44.2 Å². The number of carbonyl (C=O) groups is 1. The van der Waals surface area contributed by atoms with Crippen molar-refractivity contribution < 1.29 is 13.2 Å². The molecule has 0 bridgehead atoms. The van der Waals surface area contributed by atoms with Gasteiger partial charge < -0.3 is 10.2 Å². The van der Waals surface area contributed by atoms with Crippen LogP contribution < -0.4 is 5.32 Å². The number of benzene rings is 1. The van der Waals surface area contributed by atoms with Crippen molar-refractivity contribution in [3.63, 3.8) is 0 Å². The maximum absolute atomic E-state index is 13.2. The maximum atomic E-state index is 13.2. The van der Waals surface area contributed by atoms with E-state index in [-0.39, 0.29) is 10.8 Å². The zero-order valence-electron chi connectivity index (χ0n) is 20.1. The highest BCUT2D eigenvalue weighted by Crippen LogP contribution is 2.30. The molecule has 34 heavy (non-hydrogen) atoms. The first kappa shape index (κ1) is 24.2. The molecular formula is C24H32N6O3S. The van der Waals surface area contributed by atoms with Gasteiger partial charge in [-0.2, -0.15) is 0 Å². The van der Waals surface area contributed by atoms with Crippen LogP contribution in [0.3, 0.4) is 0 Å². The molecule has 0 saturated carbocycles. The Morgan fingerprint density at radius 3 is 2.41 bits per heavy atom. The van der Waals surface area contributed by atoms with Gasteiger partial charge in [0.15, 0.2) is 15.5 Å². The summed E-state index contributed by atoms with van der Waals surface area (Å²) in [5.41, 5.74) is 2.02. The number of aromatic nitrogens is 3. The molecule has 1 amide bonds. The highest BCUT2D eigenvalue weighted by molar-refractivity contribution is 7.90. The largest absolute Gasteiger partial charge is 0.358 e. The molecule has 0 spiro atoms. The Morgan fingerprint density at radius 2 is 1.79 bits per heavy atom. The Bertz CT molecular complexity index is 1260. The number of hydrogen-bond acceptors (Lipinski definition) is 7. The SMILES string of the molecule is CCC(C)N1CCN(C(=O)C(C)Nc2c(-c3ccc(S(C)(=O)=O)cc3)nc3cnccn23)CC1. The number of imidazole rings is 1. The molecule has 3 aromatic rings. The van der Waals surface area contributed by atoms with Gasteiger partial charge in [0.25, 0.3) is 0 Å². The fraction of sp³-hybridized carbons (Fsp3) is 0.458. The van der Waals surface area contributed by atoms with Crippen LogP contribution in [-0.2, 0) is 14.6 Å². The molecule has 182 valence electrons. The summed E-state index contributed by atoms with van der Waals surface area (Å²) >= 11 is 0. The highest BCUT2D eigenvalue weighted by Gasteiger charge is 2.28. The lowest BCUT2D eigenvalue weighted by atomic mass is 10.1. The monoisotopic (exact) mass is 484 g/mol. The van der Waals surface area contributed by atoms with Crippen LogP contribution in [0.1, 0.15) is 27.2 Å². The Hall–Kier alpha value is -2.98. The zero-order valence-corrected chi connectivity index (χ0v) is 20.9. The van der Waals surface area contributed by atoms with E-state index in [1.165, 1.54) is 6.26 Å². The van der Waals surface area contributed by atoms with Crippen LogP contribution in [0.25, 0.3) is 16.9 Å². The quantitative estimate of drug-likeness (QED) is 0.550. The minimum atomic E-state index is -3.30. The van der Waals surface area contributed by atoms with Gasteiger partial charge in [0, 0.05) is 56.4 Å². The molecule has 0 radical (unpaired) electrons. The van der Waals surface area contributed by atoms with Crippen molar-refractivity contribution in [3.8, 4) is 11.3 Å². The van der Waals surface area contributed by atoms with Crippen molar-refractivity contribution in [2.24, 2.45) is 0 Å². The maximum Gasteiger partial charge on any atom is 0.244 e. The van der Waals surface area contributed by atoms with Crippen molar-refractivity contribution in [2.75, 3.05) is 37.8 Å². The molecule has 1 aliphatic rings. The van der Waals surface area contributed by atoms with E-state index < -0.39 is 15.9 Å². The standard InChI is InChI=1S/C24H32N6O3S/c1-5-17(2)28-12-14-29(15-13-28)24(31)18(3)26-23-22(27-21-16-25-10-11-30(21)23)19-6-8-20(9-7-19)34(4,32)33/h6-11,16-18,26H,5,12-15H2,1-4H3. The second-order valence-corrected chi connectivity index (χ2v) is 10.9. The molecule has 1 aliphatic heterocycles. The number of hydrogen-bond donors (Lipinski definition) is 1. The smallest absolute Gasteiger partial charge is 0.244 e. The van der Waals surface area contributed by atoms with Crippen LogP contribution in [0.5, 0.6) is 0 Å². The second kappa shape index (κ2) is 9.71. The van der Waals surface area contributed by atoms with Crippen LogP contribution in [0.2, 0.25) is 0 Å². The molecule has 2 atom stereocenters. The van der Waals surface area contributed by atoms with Crippen molar-refractivity contribution in [1.82, 2.24) is 24.2 Å². The number of amides is 1. The fourth-order valence-electron chi connectivity index (χ4n) is 4.29. The molecule has 10 heteroatoms. The van der Waals surface area contributed by atoms with Crippen LogP contribution >= 0.6 is 0 Å². The average Bonchev–Trinajstić information content (AvgIpc) is 3.21. The predicted octanol–water partition coefficient (Wildman–Crippen LogP) is 2.54. The third kappa shape index (κ3) is 4.92. The van der Waals surface area contributed by atoms with E-state index in [4.69, 9.17) is 4.98 Å². The summed E-state index contributed by atoms with van der Waals surface area (Å²) < 4.78 is 25.6. The molecule has 3 heterocycles. The summed E-state index contributed by atoms with van der Waals surface area (Å²) in [4.78, 5) is 26.7. The van der Waals surface area contributed by atoms with Gasteiger partial charge in [0.2, 0.25) is 5.91 Å². The van der Waals surface area contributed by atoms with Crippen LogP contribution in [-0.4, -0.2) is 83.0 Å². The normalized spacial score (nSPS) is 17.0. The van der Waals surface area contributed by atoms with Crippen molar-refractivity contribution in [3.05, 3.63) is 42.9 Å². The summed E-state index contributed by atoms with van der Waals surface area (Å²) in [6.07, 6.45) is 7.39. The number of fused-ring (bicyclic) bond motifs is 1. The Balaban J connectivity index is 1.57. The topological polar surface area (TPSA) is 99.9 Å². The third-order valence-corrected chi connectivity index (χ3v) is 7.68. The van der Waals surface area contributed by atoms with E-state index in [0.29, 0.717) is 36.3 Å². The molecular weight excluding hydrogens is 452 g/mol. The van der Waals surface area contributed by atoms with E-state index in [9.17, 15) is 13.2 Å². The molecule has 1 fully saturated rings. The van der Waals surface area contributed by atoms with Gasteiger partial charge in [-0.25, -0.2) is 13.4 Å². The van der Waals surface area contributed by atoms with Gasteiger partial charge in [0.1, 0.15) is 17.6 Å². The molecule has 0 aliphatic carbocycles. The highest BCUT2D eigenvalue weighted by atomic mass is 32.2. The van der Waals surface area contributed by atoms with Gasteiger partial charge in [-0.1, -0.05) is 19.1 Å². The lowest BCUT2D eigenvalue weighted by molar-refractivity contribution is -0.133. The van der Waals surface area contributed by atoms with Crippen LogP contribution in [0.4, 0.5) is 5.82 Å². The van der Waals surface area contributed by atoms with Gasteiger partial charge in [-0.3, -0.25) is 19.1 Å². The lowest BCUT2D eigenvalue weighted by Gasteiger charge is -2.38. The van der Waals surface area contributed by atoms with E-state index >= 15 is 0 Å². The van der Waals surface area contributed by atoms with Crippen molar-refractivity contribution >= 4 is 27.2 Å². The third-order valence-electron chi connectivity index (χ3n) is 6.55. The van der Waals surface area contributed by atoms with Crippen molar-refractivity contribution in [1.29, 1.82) is 0 Å². The van der Waals surface area contributed by atoms with Gasteiger partial charge in [-0.05, 0) is 32.4 Å². The second-order valence-electron chi connectivity index (χ2n) is 8.89. The summed E-state index contributed by atoms with van der Waals surface area (Å²) in [5, 5.41) is 3.37. The van der Waals surface area contributed by atoms with E-state index in [2.05, 4.69) is 29.0 Å². The summed E-state index contributed by atoms with van der Waals surface area (Å²) in [6.45, 7) is 9.47. The number of nitrogens with zero attached hydrogens (tertiary/aromatic N) is 5. The number of sulfone groups is 1. The van der Waals surface area contributed by atoms with Gasteiger partial charge in [-0.15, -0.1) is 0 Å². The van der Waals surface area contributed by atoms with Gasteiger partial charge >= 0.3 is 0 Å². The minimum Gasteiger partial charge on any atom is -0.358 e. The Labute approximate surface area is 200 Å². The first-order valence-electron chi connectivity index (χ1n) is 11.6. The summed E-state index contributed by atoms with van der Waals surface area (Å²) in [7, 11) is -3.30. The molecule has 2 aromatic heterocycles. The van der Waals surface area contributed by atoms with E-state index in [0.717, 1.165) is 25.1 Å². The van der Waals surface area contributed by atoms with Crippen LogP contribution in [0.15, 0.2) is 47.8 Å². The molecule has 9 nitrogen and oxygen atoms in total. The molecule has 1 saturated heterocycles. The first-order chi connectivity index (χ1) is 16.2. The Morgan fingerprint density at radius 1 is 1.12 bits per heavy atom. The number of rotatable bonds is 7. The number of piperazine rings is 1. The lowest BCUT2D eigenvalue weighted by Crippen LogP contribution is -2.54.